The van der Waals surface area contributed by atoms with Crippen LogP contribution in [0.5, 0.6) is 0 Å². The molecule has 0 aliphatic heterocycles. The Labute approximate surface area is 70.8 Å². The molecule has 2 nitrogen and oxygen atoms in total. The van der Waals surface area contributed by atoms with Crippen molar-refractivity contribution in [1.82, 2.24) is 10.6 Å². The Hall–Kier alpha value is -0.0800. The van der Waals surface area contributed by atoms with Crippen molar-refractivity contribution >= 4 is 0 Å². The molecule has 1 atom stereocenters. The van der Waals surface area contributed by atoms with Gasteiger partial charge in [-0.25, -0.2) is 0 Å². The fraction of sp³-hybridized carbons (Fsp3) is 1.00. The van der Waals surface area contributed by atoms with Gasteiger partial charge in [-0.3, -0.25) is 0 Å². The van der Waals surface area contributed by atoms with Crippen molar-refractivity contribution in [3.8, 4) is 0 Å². The maximum atomic E-state index is 3.41. The second-order valence-corrected chi connectivity index (χ2v) is 2.98. The first-order valence-corrected chi connectivity index (χ1v) is 4.78. The second kappa shape index (κ2) is 8.02. The molecule has 0 saturated carbocycles. The summed E-state index contributed by atoms with van der Waals surface area (Å²) in [6.07, 6.45) is 4.23. The maximum absolute atomic E-state index is 3.41. The lowest BCUT2D eigenvalue weighted by atomic mass is 10.3. The molecule has 2 N–H and O–H groups in total. The molecular weight excluding hydrogens is 136 g/mol. The molecule has 0 spiro atoms. The summed E-state index contributed by atoms with van der Waals surface area (Å²) in [7, 11) is 0. The molecule has 0 aromatic heterocycles. The van der Waals surface area contributed by atoms with E-state index in [-0.39, 0.29) is 0 Å². The van der Waals surface area contributed by atoms with Crippen molar-refractivity contribution in [3.05, 3.63) is 0 Å². The van der Waals surface area contributed by atoms with Crippen LogP contribution in [-0.4, -0.2) is 19.3 Å². The zero-order chi connectivity index (χ0) is 8.53. The van der Waals surface area contributed by atoms with Crippen molar-refractivity contribution in [2.75, 3.05) is 13.1 Å². The first kappa shape index (κ1) is 10.9. The topological polar surface area (TPSA) is 24.1 Å². The fourth-order valence-electron chi connectivity index (χ4n) is 0.928. The van der Waals surface area contributed by atoms with Crippen molar-refractivity contribution in [2.45, 2.75) is 46.2 Å². The molecule has 0 bridgehead atoms. The maximum Gasteiger partial charge on any atom is 0.0542 e. The molecule has 0 rings (SSSR count). The number of hydrogen-bond donors (Lipinski definition) is 2. The Balaban J connectivity index is 3.02. The number of unbranched alkanes of at least 4 members (excludes halogenated alkanes) is 1. The Morgan fingerprint density at radius 3 is 2.18 bits per heavy atom. The van der Waals surface area contributed by atoms with Gasteiger partial charge in [-0.15, -0.1) is 0 Å². The summed E-state index contributed by atoms with van der Waals surface area (Å²) < 4.78 is 0. The summed E-state index contributed by atoms with van der Waals surface area (Å²) in [6, 6.07) is 0. The molecule has 0 saturated heterocycles. The largest absolute Gasteiger partial charge is 0.302 e. The Morgan fingerprint density at radius 2 is 1.64 bits per heavy atom. The van der Waals surface area contributed by atoms with Crippen LogP contribution in [0, 0.1) is 0 Å². The van der Waals surface area contributed by atoms with Gasteiger partial charge in [0.15, 0.2) is 0 Å². The number of hydrogen-bond acceptors (Lipinski definition) is 2. The van der Waals surface area contributed by atoms with Gasteiger partial charge in [0.25, 0.3) is 0 Å². The highest BCUT2D eigenvalue weighted by Crippen LogP contribution is 1.84. The summed E-state index contributed by atoms with van der Waals surface area (Å²) >= 11 is 0. The van der Waals surface area contributed by atoms with E-state index in [1.807, 2.05) is 0 Å². The summed E-state index contributed by atoms with van der Waals surface area (Å²) in [5, 5.41) is 6.79. The third-order valence-corrected chi connectivity index (χ3v) is 1.68. The molecule has 0 aliphatic carbocycles. The van der Waals surface area contributed by atoms with Crippen LogP contribution in [-0.2, 0) is 0 Å². The van der Waals surface area contributed by atoms with Crippen LogP contribution in [0.25, 0.3) is 0 Å². The van der Waals surface area contributed by atoms with Crippen molar-refractivity contribution in [2.24, 2.45) is 0 Å². The molecule has 11 heavy (non-hydrogen) atoms. The lowest BCUT2D eigenvalue weighted by Crippen LogP contribution is -2.40. The van der Waals surface area contributed by atoms with Gasteiger partial charge in [-0.05, 0) is 32.9 Å². The second-order valence-electron chi connectivity index (χ2n) is 2.98. The van der Waals surface area contributed by atoms with Gasteiger partial charge in [0.2, 0.25) is 0 Å². The highest BCUT2D eigenvalue weighted by molar-refractivity contribution is 4.56. The van der Waals surface area contributed by atoms with Crippen LogP contribution >= 0.6 is 0 Å². The SMILES string of the molecule is CCCCNC(C)NCCC. The lowest BCUT2D eigenvalue weighted by molar-refractivity contribution is 0.449. The van der Waals surface area contributed by atoms with Crippen LogP contribution in [0.2, 0.25) is 0 Å². The van der Waals surface area contributed by atoms with Crippen molar-refractivity contribution < 1.29 is 0 Å². The molecule has 0 amide bonds. The summed E-state index contributed by atoms with van der Waals surface area (Å²) in [4.78, 5) is 0. The van der Waals surface area contributed by atoms with Gasteiger partial charge in [-0.1, -0.05) is 20.3 Å². The normalized spacial score (nSPS) is 13.4. The van der Waals surface area contributed by atoms with Gasteiger partial charge in [0.1, 0.15) is 0 Å². The summed E-state index contributed by atoms with van der Waals surface area (Å²) in [5.41, 5.74) is 0. The molecule has 0 aromatic rings. The van der Waals surface area contributed by atoms with Crippen LogP contribution in [0.1, 0.15) is 40.0 Å². The highest BCUT2D eigenvalue weighted by atomic mass is 15.1. The van der Waals surface area contributed by atoms with Crippen LogP contribution < -0.4 is 10.6 Å². The van der Waals surface area contributed by atoms with E-state index < -0.39 is 0 Å². The molecule has 0 aromatic carbocycles. The third kappa shape index (κ3) is 7.82. The van der Waals surface area contributed by atoms with Crippen LogP contribution in [0.4, 0.5) is 0 Å². The predicted octanol–water partition coefficient (Wildman–Crippen LogP) is 1.72. The highest BCUT2D eigenvalue weighted by Gasteiger charge is 1.95. The van der Waals surface area contributed by atoms with E-state index in [0.29, 0.717) is 6.17 Å². The third-order valence-electron chi connectivity index (χ3n) is 1.68. The quantitative estimate of drug-likeness (QED) is 0.435. The van der Waals surface area contributed by atoms with E-state index >= 15 is 0 Å². The number of nitrogens with one attached hydrogen (secondary N) is 2. The molecule has 0 fully saturated rings. The molecular formula is C9H22N2. The zero-order valence-electron chi connectivity index (χ0n) is 8.11. The first-order valence-electron chi connectivity index (χ1n) is 4.78. The predicted molar refractivity (Wildman–Crippen MR) is 50.7 cm³/mol. The minimum absolute atomic E-state index is 0.474. The Kier molecular flexibility index (Phi) is 7.96. The lowest BCUT2D eigenvalue weighted by Gasteiger charge is -2.14. The van der Waals surface area contributed by atoms with Gasteiger partial charge in [0, 0.05) is 0 Å². The molecule has 0 heterocycles. The minimum atomic E-state index is 0.474. The molecule has 0 aliphatic rings. The monoisotopic (exact) mass is 158 g/mol. The Morgan fingerprint density at radius 1 is 1.00 bits per heavy atom. The van der Waals surface area contributed by atoms with E-state index in [9.17, 15) is 0 Å². The van der Waals surface area contributed by atoms with E-state index in [1.165, 1.54) is 19.3 Å². The molecule has 1 unspecified atom stereocenters. The fourth-order valence-corrected chi connectivity index (χ4v) is 0.928. The van der Waals surface area contributed by atoms with E-state index in [1.54, 1.807) is 0 Å². The van der Waals surface area contributed by atoms with Gasteiger partial charge in [-0.2, -0.15) is 0 Å². The van der Waals surface area contributed by atoms with Crippen LogP contribution in [0.15, 0.2) is 0 Å². The average molecular weight is 158 g/mol. The number of rotatable bonds is 7. The van der Waals surface area contributed by atoms with Gasteiger partial charge >= 0.3 is 0 Å². The van der Waals surface area contributed by atoms with Crippen LogP contribution in [0.3, 0.4) is 0 Å². The van der Waals surface area contributed by atoms with Gasteiger partial charge < -0.3 is 10.6 Å². The summed E-state index contributed by atoms with van der Waals surface area (Å²) in [5.74, 6) is 0. The summed E-state index contributed by atoms with van der Waals surface area (Å²) in [6.45, 7) is 8.82. The van der Waals surface area contributed by atoms with Crippen molar-refractivity contribution in [1.29, 1.82) is 0 Å². The molecule has 2 heteroatoms. The van der Waals surface area contributed by atoms with E-state index in [2.05, 4.69) is 31.4 Å². The van der Waals surface area contributed by atoms with Gasteiger partial charge in [0.05, 0.1) is 6.17 Å². The van der Waals surface area contributed by atoms with Crippen molar-refractivity contribution in [3.63, 3.8) is 0 Å². The Bertz CT molecular complexity index is 74.0. The zero-order valence-corrected chi connectivity index (χ0v) is 8.11. The minimum Gasteiger partial charge on any atom is -0.302 e. The molecule has 68 valence electrons. The average Bonchev–Trinajstić information content (AvgIpc) is 2.01. The first-order chi connectivity index (χ1) is 5.31. The smallest absolute Gasteiger partial charge is 0.0542 e. The standard InChI is InChI=1S/C9H22N2/c1-4-6-8-11-9(3)10-7-5-2/h9-11H,4-8H2,1-3H3. The van der Waals surface area contributed by atoms with E-state index in [4.69, 9.17) is 0 Å². The van der Waals surface area contributed by atoms with E-state index in [0.717, 1.165) is 13.1 Å². The molecule has 0 radical (unpaired) electrons.